The highest BCUT2D eigenvalue weighted by atomic mass is 127. The molecule has 0 saturated heterocycles. The van der Waals surface area contributed by atoms with Gasteiger partial charge >= 0.3 is 5.97 Å². The number of fused-ring (bicyclic) bond motifs is 1. The van der Waals surface area contributed by atoms with Gasteiger partial charge in [-0.15, -0.1) is 0 Å². The van der Waals surface area contributed by atoms with Gasteiger partial charge in [0.25, 0.3) is 0 Å². The van der Waals surface area contributed by atoms with Crippen molar-refractivity contribution in [3.63, 3.8) is 0 Å². The summed E-state index contributed by atoms with van der Waals surface area (Å²) < 4.78 is 7.05. The molecule has 0 fully saturated rings. The van der Waals surface area contributed by atoms with Crippen molar-refractivity contribution in [3.05, 3.63) is 66.1 Å². The number of hydrogen-bond acceptors (Lipinski definition) is 7. The predicted octanol–water partition coefficient (Wildman–Crippen LogP) is 3.79. The van der Waals surface area contributed by atoms with Crippen LogP contribution >= 0.6 is 22.6 Å². The minimum atomic E-state index is -0.352. The second-order valence-corrected chi connectivity index (χ2v) is 6.47. The molecule has 0 bridgehead atoms. The van der Waals surface area contributed by atoms with Gasteiger partial charge in [-0.25, -0.2) is 24.3 Å². The molecule has 4 rings (SSSR count). The summed E-state index contributed by atoms with van der Waals surface area (Å²) in [6.45, 7) is 1.92. The summed E-state index contributed by atoms with van der Waals surface area (Å²) in [6.07, 6.45) is 3.39. The fraction of sp³-hybridized carbons (Fsp3) is 0.105. The van der Waals surface area contributed by atoms with E-state index in [1.54, 1.807) is 41.2 Å². The molecule has 0 saturated carbocycles. The predicted molar refractivity (Wildman–Crippen MR) is 113 cm³/mol. The van der Waals surface area contributed by atoms with E-state index in [1.165, 1.54) is 0 Å². The quantitative estimate of drug-likeness (QED) is 0.261. The minimum Gasteiger partial charge on any atom is -0.451 e. The van der Waals surface area contributed by atoms with Crippen LogP contribution in [0.1, 0.15) is 16.1 Å². The summed E-state index contributed by atoms with van der Waals surface area (Å²) in [5, 5.41) is 7.51. The third-order valence-corrected chi connectivity index (χ3v) is 4.34. The van der Waals surface area contributed by atoms with Crippen LogP contribution in [0.2, 0.25) is 0 Å². The van der Waals surface area contributed by atoms with Crippen LogP contribution in [0.3, 0.4) is 0 Å². The van der Waals surface area contributed by atoms with Crippen LogP contribution in [0.15, 0.2) is 54.9 Å². The number of imidazole rings is 1. The molecule has 9 heteroatoms. The number of rotatable bonds is 5. The molecule has 8 nitrogen and oxygen atoms in total. The van der Waals surface area contributed by atoms with Crippen LogP contribution < -0.4 is 5.32 Å². The Labute approximate surface area is 174 Å². The van der Waals surface area contributed by atoms with Crippen molar-refractivity contribution in [2.45, 2.75) is 6.92 Å². The molecule has 4 aromatic rings. The Bertz CT molecular complexity index is 1140. The highest BCUT2D eigenvalue weighted by Gasteiger charge is 2.14. The fourth-order valence-electron chi connectivity index (χ4n) is 2.80. The molecule has 1 aromatic carbocycles. The molecule has 0 aliphatic heterocycles. The smallest absolute Gasteiger partial charge is 0.338 e. The molecule has 140 valence electrons. The lowest BCUT2D eigenvalue weighted by atomic mass is 10.2. The van der Waals surface area contributed by atoms with Crippen molar-refractivity contribution in [2.75, 3.05) is 9.93 Å². The van der Waals surface area contributed by atoms with Crippen molar-refractivity contribution in [1.82, 2.24) is 24.6 Å². The lowest BCUT2D eigenvalue weighted by Gasteiger charge is -2.08. The van der Waals surface area contributed by atoms with Crippen molar-refractivity contribution >= 4 is 45.8 Å². The van der Waals surface area contributed by atoms with Crippen LogP contribution in [0, 0.1) is 6.92 Å². The van der Waals surface area contributed by atoms with E-state index >= 15 is 0 Å². The number of aryl methyl sites for hydroxylation is 1. The molecule has 0 spiro atoms. The number of aromatic nitrogens is 5. The van der Waals surface area contributed by atoms with Crippen LogP contribution in [0.5, 0.6) is 0 Å². The number of anilines is 2. The van der Waals surface area contributed by atoms with Gasteiger partial charge in [-0.1, -0.05) is 0 Å². The molecular weight excluding hydrogens is 471 g/mol. The summed E-state index contributed by atoms with van der Waals surface area (Å²) in [4.78, 5) is 25.1. The van der Waals surface area contributed by atoms with E-state index in [2.05, 4.69) is 25.4 Å². The number of esters is 1. The maximum absolute atomic E-state index is 11.7. The van der Waals surface area contributed by atoms with Crippen LogP contribution in [0.25, 0.3) is 17.0 Å². The third-order valence-electron chi connectivity index (χ3n) is 4.03. The number of carbonyl (C=O) groups excluding carboxylic acids is 1. The second kappa shape index (κ2) is 7.89. The monoisotopic (exact) mass is 486 g/mol. The lowest BCUT2D eigenvalue weighted by molar-refractivity contribution is 0.0590. The molecule has 3 heterocycles. The second-order valence-electron chi connectivity index (χ2n) is 5.85. The first-order valence-corrected chi connectivity index (χ1v) is 9.92. The number of ether oxygens (including phenoxy) is 1. The molecule has 0 aliphatic rings. The molecule has 0 amide bonds. The van der Waals surface area contributed by atoms with Gasteiger partial charge in [-0.2, -0.15) is 5.10 Å². The highest BCUT2D eigenvalue weighted by Crippen LogP contribution is 2.23. The van der Waals surface area contributed by atoms with E-state index < -0.39 is 0 Å². The summed E-state index contributed by atoms with van der Waals surface area (Å²) in [7, 11) is 0. The van der Waals surface area contributed by atoms with Crippen molar-refractivity contribution < 1.29 is 9.53 Å². The van der Waals surface area contributed by atoms with Crippen LogP contribution in [0.4, 0.5) is 11.6 Å². The molecule has 28 heavy (non-hydrogen) atoms. The summed E-state index contributed by atoms with van der Waals surface area (Å²) >= 11 is 1.98. The van der Waals surface area contributed by atoms with E-state index in [9.17, 15) is 4.79 Å². The van der Waals surface area contributed by atoms with Gasteiger partial charge in [0.1, 0.15) is 10.3 Å². The van der Waals surface area contributed by atoms with Gasteiger partial charge in [-0.05, 0) is 72.0 Å². The molecule has 0 aliphatic carbocycles. The number of nitrogens with zero attached hydrogens (tertiary/aromatic N) is 5. The lowest BCUT2D eigenvalue weighted by Crippen LogP contribution is -2.04. The zero-order valence-corrected chi connectivity index (χ0v) is 17.0. The zero-order chi connectivity index (χ0) is 19.5. The largest absolute Gasteiger partial charge is 0.451 e. The fourth-order valence-corrected chi connectivity index (χ4v) is 3.08. The number of benzene rings is 1. The maximum Gasteiger partial charge on any atom is 0.338 e. The Morgan fingerprint density at radius 2 is 1.96 bits per heavy atom. The van der Waals surface area contributed by atoms with Gasteiger partial charge in [-0.3, -0.25) is 0 Å². The Morgan fingerprint density at radius 3 is 2.75 bits per heavy atom. The number of alkyl halides is 1. The van der Waals surface area contributed by atoms with Gasteiger partial charge in [0.15, 0.2) is 5.65 Å². The number of carbonyl (C=O) groups is 1. The normalized spacial score (nSPS) is 10.8. The first kappa shape index (κ1) is 18.3. The summed E-state index contributed by atoms with van der Waals surface area (Å²) in [6, 6.07) is 12.5. The van der Waals surface area contributed by atoms with Crippen molar-refractivity contribution in [2.24, 2.45) is 0 Å². The Kier molecular flexibility index (Phi) is 5.15. The topological polar surface area (TPSA) is 94.3 Å². The first-order valence-electron chi connectivity index (χ1n) is 8.39. The molecule has 0 atom stereocenters. The van der Waals surface area contributed by atoms with E-state index in [0.29, 0.717) is 21.8 Å². The Morgan fingerprint density at radius 1 is 1.14 bits per heavy atom. The summed E-state index contributed by atoms with van der Waals surface area (Å²) in [5.41, 5.74) is 4.38. The molecular formula is C19H15IN6O2. The number of nitrogens with one attached hydrogen (secondary N) is 1. The van der Waals surface area contributed by atoms with E-state index in [1.807, 2.05) is 47.7 Å². The summed E-state index contributed by atoms with van der Waals surface area (Å²) in [5.74, 6) is 0.0835. The number of hydrogen-bond donors (Lipinski definition) is 1. The molecule has 3 aromatic heterocycles. The van der Waals surface area contributed by atoms with Gasteiger partial charge in [0.05, 0.1) is 17.0 Å². The average molecular weight is 486 g/mol. The maximum atomic E-state index is 11.7. The van der Waals surface area contributed by atoms with Gasteiger partial charge in [0.2, 0.25) is 5.95 Å². The van der Waals surface area contributed by atoms with Crippen LogP contribution in [-0.4, -0.2) is 35.1 Å². The Balaban J connectivity index is 1.61. The molecule has 0 unspecified atom stereocenters. The first-order chi connectivity index (χ1) is 13.7. The van der Waals surface area contributed by atoms with Crippen molar-refractivity contribution in [1.29, 1.82) is 0 Å². The van der Waals surface area contributed by atoms with E-state index in [0.717, 1.165) is 22.7 Å². The van der Waals surface area contributed by atoms with E-state index in [4.69, 9.17) is 4.74 Å². The Hall–Kier alpha value is -3.08. The molecule has 0 radical (unpaired) electrons. The van der Waals surface area contributed by atoms with Crippen LogP contribution in [-0.2, 0) is 4.74 Å². The third kappa shape index (κ3) is 3.65. The highest BCUT2D eigenvalue weighted by molar-refractivity contribution is 14.1. The molecule has 1 N–H and O–H groups in total. The standard InChI is InChI=1S/C19H15IN6O2/c1-12-17(26-16(23-12)3-2-9-22-26)15-8-10-21-19(25-15)24-14-6-4-13(5-7-14)18(27)28-11-20/h2-10H,11H2,1H3,(H,21,24,25). The van der Waals surface area contributed by atoms with Crippen molar-refractivity contribution in [3.8, 4) is 11.4 Å². The zero-order valence-electron chi connectivity index (χ0n) is 14.8. The average Bonchev–Trinajstić information content (AvgIpc) is 3.04. The van der Waals surface area contributed by atoms with Gasteiger partial charge in [0, 0.05) is 18.1 Å². The minimum absolute atomic E-state index is 0.314. The van der Waals surface area contributed by atoms with E-state index in [-0.39, 0.29) is 5.97 Å². The van der Waals surface area contributed by atoms with Gasteiger partial charge < -0.3 is 10.1 Å². The SMILES string of the molecule is Cc1nc2cccnn2c1-c1ccnc(Nc2ccc(C(=O)OCI)cc2)n1. The number of halogens is 1.